The summed E-state index contributed by atoms with van der Waals surface area (Å²) >= 11 is 1.47. The maximum Gasteiger partial charge on any atom is 0.192 e. The molecule has 0 fully saturated rings. The summed E-state index contributed by atoms with van der Waals surface area (Å²) < 4.78 is 0. The number of H-pyrrole nitrogens is 1. The Bertz CT molecular complexity index is 575. The minimum Gasteiger partial charge on any atom is -0.364 e. The van der Waals surface area contributed by atoms with E-state index in [0.717, 1.165) is 30.2 Å². The highest BCUT2D eigenvalue weighted by Crippen LogP contribution is 2.20. The lowest BCUT2D eigenvalue weighted by Gasteiger charge is -1.96. The van der Waals surface area contributed by atoms with Crippen LogP contribution < -0.4 is 10.7 Å². The minimum absolute atomic E-state index is 0.0133. The molecular formula is C12H16N4OS. The van der Waals surface area contributed by atoms with Crippen molar-refractivity contribution in [1.29, 1.82) is 0 Å². The predicted molar refractivity (Wildman–Crippen MR) is 73.0 cm³/mol. The van der Waals surface area contributed by atoms with Gasteiger partial charge in [-0.25, -0.2) is 0 Å². The van der Waals surface area contributed by atoms with E-state index in [1.54, 1.807) is 12.3 Å². The van der Waals surface area contributed by atoms with Gasteiger partial charge in [-0.2, -0.15) is 0 Å². The Morgan fingerprint density at radius 3 is 3.00 bits per heavy atom. The van der Waals surface area contributed by atoms with Crippen LogP contribution in [0.5, 0.6) is 0 Å². The number of aryl methyl sites for hydroxylation is 1. The fourth-order valence-electron chi connectivity index (χ4n) is 1.58. The van der Waals surface area contributed by atoms with Crippen molar-refractivity contribution in [1.82, 2.24) is 20.5 Å². The Hall–Kier alpha value is -1.53. The molecule has 0 unspecified atom stereocenters. The molecular weight excluding hydrogens is 248 g/mol. The zero-order chi connectivity index (χ0) is 13.0. The van der Waals surface area contributed by atoms with Crippen LogP contribution in [-0.4, -0.2) is 28.3 Å². The second-order valence-corrected chi connectivity index (χ2v) is 5.06. The lowest BCUT2D eigenvalue weighted by Crippen LogP contribution is -2.15. The van der Waals surface area contributed by atoms with E-state index in [4.69, 9.17) is 0 Å². The molecule has 2 aromatic rings. The van der Waals surface area contributed by atoms with Crippen LogP contribution in [-0.2, 0) is 6.42 Å². The number of nitrogens with zero attached hydrogens (tertiary/aromatic N) is 2. The van der Waals surface area contributed by atoms with Gasteiger partial charge in [-0.3, -0.25) is 4.79 Å². The van der Waals surface area contributed by atoms with Gasteiger partial charge in [-0.15, -0.1) is 10.2 Å². The average molecular weight is 264 g/mol. The molecule has 0 aliphatic rings. The highest BCUT2D eigenvalue weighted by atomic mass is 32.1. The first-order valence-electron chi connectivity index (χ1n) is 5.93. The molecule has 0 saturated heterocycles. The standard InChI is InChI=1S/C12H16N4OS/c1-3-13-5-4-11-15-16-12(18-11)9-7-14-8(2)6-10(9)17/h6-7,13H,3-5H2,1-2H3,(H,14,17). The zero-order valence-corrected chi connectivity index (χ0v) is 11.3. The SMILES string of the molecule is CCNCCc1nnc(-c2c[nH]c(C)cc2=O)s1. The molecule has 0 atom stereocenters. The van der Waals surface area contributed by atoms with E-state index < -0.39 is 0 Å². The Kier molecular flexibility index (Phi) is 4.22. The Balaban J connectivity index is 2.16. The first-order valence-corrected chi connectivity index (χ1v) is 6.75. The summed E-state index contributed by atoms with van der Waals surface area (Å²) in [6.07, 6.45) is 2.54. The Morgan fingerprint density at radius 1 is 1.44 bits per heavy atom. The van der Waals surface area contributed by atoms with Crippen molar-refractivity contribution in [2.45, 2.75) is 20.3 Å². The maximum absolute atomic E-state index is 11.8. The van der Waals surface area contributed by atoms with E-state index in [2.05, 4.69) is 27.4 Å². The summed E-state index contributed by atoms with van der Waals surface area (Å²) in [5.41, 5.74) is 1.43. The quantitative estimate of drug-likeness (QED) is 0.800. The van der Waals surface area contributed by atoms with Crippen molar-refractivity contribution in [3.63, 3.8) is 0 Å². The fraction of sp³-hybridized carbons (Fsp3) is 0.417. The van der Waals surface area contributed by atoms with Gasteiger partial charge in [0, 0.05) is 30.9 Å². The number of hydrogen-bond donors (Lipinski definition) is 2. The number of hydrogen-bond acceptors (Lipinski definition) is 5. The lowest BCUT2D eigenvalue weighted by atomic mass is 10.2. The second-order valence-electron chi connectivity index (χ2n) is 4.00. The van der Waals surface area contributed by atoms with E-state index in [1.807, 2.05) is 6.92 Å². The van der Waals surface area contributed by atoms with Crippen LogP contribution in [0.4, 0.5) is 0 Å². The van der Waals surface area contributed by atoms with Gasteiger partial charge in [0.1, 0.15) is 5.01 Å². The third-order valence-electron chi connectivity index (χ3n) is 2.52. The van der Waals surface area contributed by atoms with E-state index in [1.165, 1.54) is 11.3 Å². The Labute approximate surface area is 109 Å². The lowest BCUT2D eigenvalue weighted by molar-refractivity contribution is 0.710. The smallest absolute Gasteiger partial charge is 0.192 e. The van der Waals surface area contributed by atoms with Gasteiger partial charge in [0.15, 0.2) is 10.4 Å². The van der Waals surface area contributed by atoms with Crippen molar-refractivity contribution in [2.24, 2.45) is 0 Å². The van der Waals surface area contributed by atoms with Gasteiger partial charge in [0.2, 0.25) is 0 Å². The molecule has 0 saturated carbocycles. The predicted octanol–water partition coefficient (Wildman–Crippen LogP) is 1.35. The molecule has 0 spiro atoms. The molecule has 2 aromatic heterocycles. The van der Waals surface area contributed by atoms with E-state index in [9.17, 15) is 4.79 Å². The van der Waals surface area contributed by atoms with Crippen LogP contribution in [0.2, 0.25) is 0 Å². The minimum atomic E-state index is -0.0133. The molecule has 5 nitrogen and oxygen atoms in total. The van der Waals surface area contributed by atoms with Crippen LogP contribution in [0.3, 0.4) is 0 Å². The number of pyridine rings is 1. The summed E-state index contributed by atoms with van der Waals surface area (Å²) in [6, 6.07) is 1.58. The van der Waals surface area contributed by atoms with Gasteiger partial charge in [-0.1, -0.05) is 18.3 Å². The highest BCUT2D eigenvalue weighted by Gasteiger charge is 2.09. The highest BCUT2D eigenvalue weighted by molar-refractivity contribution is 7.14. The first kappa shape index (κ1) is 12.9. The molecule has 0 aliphatic heterocycles. The van der Waals surface area contributed by atoms with Gasteiger partial charge in [0.05, 0.1) is 5.56 Å². The first-order chi connectivity index (χ1) is 8.70. The van der Waals surface area contributed by atoms with E-state index >= 15 is 0 Å². The summed E-state index contributed by atoms with van der Waals surface area (Å²) in [4.78, 5) is 14.8. The van der Waals surface area contributed by atoms with Crippen LogP contribution in [0.25, 0.3) is 10.6 Å². The molecule has 96 valence electrons. The molecule has 2 rings (SSSR count). The number of aromatic nitrogens is 3. The topological polar surface area (TPSA) is 70.7 Å². The molecule has 18 heavy (non-hydrogen) atoms. The monoisotopic (exact) mass is 264 g/mol. The van der Waals surface area contributed by atoms with Gasteiger partial charge < -0.3 is 10.3 Å². The van der Waals surface area contributed by atoms with E-state index in [0.29, 0.717) is 10.6 Å². The molecule has 2 heterocycles. The molecule has 0 amide bonds. The molecule has 0 bridgehead atoms. The van der Waals surface area contributed by atoms with Gasteiger partial charge >= 0.3 is 0 Å². The van der Waals surface area contributed by atoms with Crippen molar-refractivity contribution >= 4 is 11.3 Å². The van der Waals surface area contributed by atoms with Crippen molar-refractivity contribution in [3.05, 3.63) is 33.2 Å². The summed E-state index contributed by atoms with van der Waals surface area (Å²) in [5.74, 6) is 0. The van der Waals surface area contributed by atoms with Crippen molar-refractivity contribution < 1.29 is 0 Å². The number of rotatable bonds is 5. The van der Waals surface area contributed by atoms with Gasteiger partial charge in [-0.05, 0) is 13.5 Å². The fourth-order valence-corrected chi connectivity index (χ4v) is 2.44. The van der Waals surface area contributed by atoms with Crippen molar-refractivity contribution in [3.8, 4) is 10.6 Å². The maximum atomic E-state index is 11.8. The van der Waals surface area contributed by atoms with E-state index in [-0.39, 0.29) is 5.43 Å². The van der Waals surface area contributed by atoms with Crippen LogP contribution >= 0.6 is 11.3 Å². The summed E-state index contributed by atoms with van der Waals surface area (Å²) in [6.45, 7) is 5.75. The number of likely N-dealkylation sites (N-methyl/N-ethyl adjacent to an activating group) is 1. The zero-order valence-electron chi connectivity index (χ0n) is 10.5. The summed E-state index contributed by atoms with van der Waals surface area (Å²) in [5, 5.41) is 13.0. The normalized spacial score (nSPS) is 10.8. The number of nitrogens with one attached hydrogen (secondary N) is 2. The van der Waals surface area contributed by atoms with Crippen LogP contribution in [0.15, 0.2) is 17.1 Å². The third kappa shape index (κ3) is 3.02. The summed E-state index contributed by atoms with van der Waals surface area (Å²) in [7, 11) is 0. The Morgan fingerprint density at radius 2 is 2.28 bits per heavy atom. The third-order valence-corrected chi connectivity index (χ3v) is 3.54. The van der Waals surface area contributed by atoms with Crippen molar-refractivity contribution in [2.75, 3.05) is 13.1 Å². The average Bonchev–Trinajstić information content (AvgIpc) is 2.78. The molecule has 0 aliphatic carbocycles. The van der Waals surface area contributed by atoms with Crippen LogP contribution in [0, 0.1) is 6.92 Å². The largest absolute Gasteiger partial charge is 0.364 e. The van der Waals surface area contributed by atoms with Gasteiger partial charge in [0.25, 0.3) is 0 Å². The number of aromatic amines is 1. The molecule has 6 heteroatoms. The second kappa shape index (κ2) is 5.88. The molecule has 0 aromatic carbocycles. The van der Waals surface area contributed by atoms with Crippen LogP contribution in [0.1, 0.15) is 17.6 Å². The molecule has 0 radical (unpaired) electrons. The molecule has 2 N–H and O–H groups in total.